The summed E-state index contributed by atoms with van der Waals surface area (Å²) in [6, 6.07) is 9.58. The van der Waals surface area contributed by atoms with E-state index in [9.17, 15) is 9.90 Å². The number of carbonyl (C=O) groups excluding carboxylic acids is 1. The van der Waals surface area contributed by atoms with Crippen molar-refractivity contribution in [2.45, 2.75) is 0 Å². The Kier molecular flexibility index (Phi) is 4.18. The highest BCUT2D eigenvalue weighted by atomic mass is 16.5. The number of benzene rings is 2. The van der Waals surface area contributed by atoms with Crippen molar-refractivity contribution in [1.82, 2.24) is 0 Å². The van der Waals surface area contributed by atoms with E-state index in [2.05, 4.69) is 5.32 Å². The van der Waals surface area contributed by atoms with E-state index >= 15 is 0 Å². The fourth-order valence-corrected chi connectivity index (χ4v) is 1.84. The maximum atomic E-state index is 12.2. The van der Waals surface area contributed by atoms with Gasteiger partial charge in [0, 0.05) is 6.07 Å². The minimum absolute atomic E-state index is 0.101. The van der Waals surface area contributed by atoms with Crippen molar-refractivity contribution in [3.05, 3.63) is 42.0 Å². The molecule has 2 aromatic carbocycles. The van der Waals surface area contributed by atoms with Crippen LogP contribution < -0.4 is 20.5 Å². The number of nitrogen functional groups attached to an aromatic ring is 1. The summed E-state index contributed by atoms with van der Waals surface area (Å²) < 4.78 is 10.0. The molecule has 21 heavy (non-hydrogen) atoms. The average molecular weight is 288 g/mol. The molecule has 0 fully saturated rings. The number of amides is 1. The first-order chi connectivity index (χ1) is 10.1. The van der Waals surface area contributed by atoms with Gasteiger partial charge in [-0.15, -0.1) is 0 Å². The van der Waals surface area contributed by atoms with Gasteiger partial charge in [-0.05, 0) is 24.3 Å². The summed E-state index contributed by atoms with van der Waals surface area (Å²) in [6.07, 6.45) is 0. The molecule has 0 saturated heterocycles. The topological polar surface area (TPSA) is 93.8 Å². The number of methoxy groups -OCH3 is 2. The minimum Gasteiger partial charge on any atom is -0.504 e. The van der Waals surface area contributed by atoms with Crippen LogP contribution in [0.25, 0.3) is 0 Å². The molecular weight excluding hydrogens is 272 g/mol. The number of nitrogens with one attached hydrogen (secondary N) is 1. The van der Waals surface area contributed by atoms with Gasteiger partial charge in [-0.3, -0.25) is 4.79 Å². The molecule has 0 atom stereocenters. The largest absolute Gasteiger partial charge is 0.504 e. The molecule has 0 heterocycles. The highest BCUT2D eigenvalue weighted by Gasteiger charge is 2.15. The van der Waals surface area contributed by atoms with Crippen LogP contribution in [-0.4, -0.2) is 25.2 Å². The molecule has 0 aliphatic heterocycles. The molecule has 0 spiro atoms. The van der Waals surface area contributed by atoms with Crippen LogP contribution in [0.5, 0.6) is 17.2 Å². The number of hydrogen-bond donors (Lipinski definition) is 3. The number of rotatable bonds is 4. The minimum atomic E-state index is -0.483. The van der Waals surface area contributed by atoms with Gasteiger partial charge in [0.05, 0.1) is 31.2 Å². The van der Waals surface area contributed by atoms with Crippen molar-refractivity contribution in [3.63, 3.8) is 0 Å². The first-order valence-electron chi connectivity index (χ1n) is 6.17. The molecular formula is C15H16N2O4. The molecule has 2 aromatic rings. The van der Waals surface area contributed by atoms with Gasteiger partial charge in [-0.2, -0.15) is 0 Å². The van der Waals surface area contributed by atoms with Crippen molar-refractivity contribution in [3.8, 4) is 17.2 Å². The summed E-state index contributed by atoms with van der Waals surface area (Å²) in [4.78, 5) is 12.2. The van der Waals surface area contributed by atoms with E-state index in [4.69, 9.17) is 15.2 Å². The third-order valence-corrected chi connectivity index (χ3v) is 2.97. The van der Waals surface area contributed by atoms with E-state index in [0.29, 0.717) is 17.1 Å². The zero-order valence-corrected chi connectivity index (χ0v) is 11.7. The Hall–Kier alpha value is -2.89. The summed E-state index contributed by atoms with van der Waals surface area (Å²) >= 11 is 0. The fraction of sp³-hybridized carbons (Fsp3) is 0.133. The van der Waals surface area contributed by atoms with Crippen LogP contribution in [0, 0.1) is 0 Å². The van der Waals surface area contributed by atoms with Gasteiger partial charge in [-0.25, -0.2) is 0 Å². The molecule has 4 N–H and O–H groups in total. The van der Waals surface area contributed by atoms with Crippen molar-refractivity contribution in [2.75, 3.05) is 25.3 Å². The zero-order valence-electron chi connectivity index (χ0n) is 11.7. The van der Waals surface area contributed by atoms with E-state index in [0.717, 1.165) is 0 Å². The van der Waals surface area contributed by atoms with Crippen molar-refractivity contribution < 1.29 is 19.4 Å². The number of phenolic OH excluding ortho intramolecular Hbond substituents is 1. The monoisotopic (exact) mass is 288 g/mol. The molecule has 1 amide bonds. The lowest BCUT2D eigenvalue weighted by Crippen LogP contribution is -2.13. The lowest BCUT2D eigenvalue weighted by molar-refractivity contribution is 0.102. The fourth-order valence-electron chi connectivity index (χ4n) is 1.84. The van der Waals surface area contributed by atoms with Gasteiger partial charge in [0.2, 0.25) is 0 Å². The average Bonchev–Trinajstić information content (AvgIpc) is 2.49. The van der Waals surface area contributed by atoms with E-state index in [1.165, 1.54) is 20.3 Å². The second kappa shape index (κ2) is 6.04. The predicted molar refractivity (Wildman–Crippen MR) is 80.0 cm³/mol. The van der Waals surface area contributed by atoms with Gasteiger partial charge in [-0.1, -0.05) is 6.07 Å². The van der Waals surface area contributed by atoms with E-state index in [1.54, 1.807) is 30.3 Å². The smallest absolute Gasteiger partial charge is 0.259 e. The maximum Gasteiger partial charge on any atom is 0.259 e. The van der Waals surface area contributed by atoms with Crippen molar-refractivity contribution >= 4 is 17.3 Å². The first-order valence-corrected chi connectivity index (χ1v) is 6.17. The van der Waals surface area contributed by atoms with Gasteiger partial charge in [0.15, 0.2) is 11.5 Å². The number of ether oxygens (including phenoxy) is 2. The van der Waals surface area contributed by atoms with Gasteiger partial charge in [0.1, 0.15) is 5.75 Å². The molecule has 0 aliphatic rings. The maximum absolute atomic E-state index is 12.2. The first kappa shape index (κ1) is 14.5. The number of aromatic hydroxyl groups is 1. The molecule has 0 aliphatic carbocycles. The number of phenols is 1. The molecule has 0 radical (unpaired) electrons. The number of carbonyl (C=O) groups is 1. The second-order valence-corrected chi connectivity index (χ2v) is 4.26. The SMILES string of the molecule is COc1ccc(NC(=O)c2cccc(OC)c2O)c(N)c1. The Morgan fingerprint density at radius 1 is 1.19 bits per heavy atom. The van der Waals surface area contributed by atoms with Crippen LogP contribution in [0.2, 0.25) is 0 Å². The standard InChI is InChI=1S/C15H16N2O4/c1-20-9-6-7-12(11(16)8-9)17-15(19)10-4-3-5-13(21-2)14(10)18/h3-8,18H,16H2,1-2H3,(H,17,19). The van der Waals surface area contributed by atoms with Gasteiger partial charge < -0.3 is 25.6 Å². The van der Waals surface area contributed by atoms with Crippen LogP contribution in [-0.2, 0) is 0 Å². The molecule has 0 aromatic heterocycles. The summed E-state index contributed by atoms with van der Waals surface area (Å²) in [6.45, 7) is 0. The Bertz CT molecular complexity index is 671. The molecule has 110 valence electrons. The summed E-state index contributed by atoms with van der Waals surface area (Å²) in [5.41, 5.74) is 6.74. The Labute approximate surface area is 122 Å². The lowest BCUT2D eigenvalue weighted by Gasteiger charge is -2.11. The molecule has 0 bridgehead atoms. The van der Waals surface area contributed by atoms with E-state index in [-0.39, 0.29) is 17.1 Å². The molecule has 0 unspecified atom stereocenters. The van der Waals surface area contributed by atoms with Gasteiger partial charge in [0.25, 0.3) is 5.91 Å². The number of hydrogen-bond acceptors (Lipinski definition) is 5. The van der Waals surface area contributed by atoms with Crippen molar-refractivity contribution in [1.29, 1.82) is 0 Å². The van der Waals surface area contributed by atoms with Crippen LogP contribution in [0.1, 0.15) is 10.4 Å². The number of nitrogens with two attached hydrogens (primary N) is 1. The summed E-state index contributed by atoms with van der Waals surface area (Å²) in [7, 11) is 2.94. The van der Waals surface area contributed by atoms with Crippen LogP contribution in [0.15, 0.2) is 36.4 Å². The summed E-state index contributed by atoms with van der Waals surface area (Å²) in [5.74, 6) is 0.118. The molecule has 2 rings (SSSR count). The third-order valence-electron chi connectivity index (χ3n) is 2.97. The van der Waals surface area contributed by atoms with Crippen molar-refractivity contribution in [2.24, 2.45) is 0 Å². The zero-order chi connectivity index (χ0) is 15.4. The Morgan fingerprint density at radius 2 is 1.95 bits per heavy atom. The van der Waals surface area contributed by atoms with Crippen LogP contribution in [0.4, 0.5) is 11.4 Å². The van der Waals surface area contributed by atoms with Crippen LogP contribution in [0.3, 0.4) is 0 Å². The number of anilines is 2. The Morgan fingerprint density at radius 3 is 2.57 bits per heavy atom. The van der Waals surface area contributed by atoms with Crippen LogP contribution >= 0.6 is 0 Å². The molecule has 6 nitrogen and oxygen atoms in total. The quantitative estimate of drug-likeness (QED) is 0.750. The number of para-hydroxylation sites is 1. The lowest BCUT2D eigenvalue weighted by atomic mass is 10.1. The summed E-state index contributed by atoms with van der Waals surface area (Å²) in [5, 5.41) is 12.6. The Balaban J connectivity index is 2.26. The highest BCUT2D eigenvalue weighted by Crippen LogP contribution is 2.31. The molecule has 6 heteroatoms. The third kappa shape index (κ3) is 3.00. The highest BCUT2D eigenvalue weighted by molar-refractivity contribution is 6.07. The van der Waals surface area contributed by atoms with Gasteiger partial charge >= 0.3 is 0 Å². The second-order valence-electron chi connectivity index (χ2n) is 4.26. The van der Waals surface area contributed by atoms with E-state index in [1.807, 2.05) is 0 Å². The predicted octanol–water partition coefficient (Wildman–Crippen LogP) is 2.24. The normalized spacial score (nSPS) is 10.0. The van der Waals surface area contributed by atoms with E-state index < -0.39 is 5.91 Å². The molecule has 0 saturated carbocycles.